The van der Waals surface area contributed by atoms with Crippen LogP contribution in [0.3, 0.4) is 0 Å². The van der Waals surface area contributed by atoms with Gasteiger partial charge in [0, 0.05) is 17.4 Å². The van der Waals surface area contributed by atoms with E-state index in [1.807, 2.05) is 0 Å². The van der Waals surface area contributed by atoms with Gasteiger partial charge in [-0.2, -0.15) is 0 Å². The van der Waals surface area contributed by atoms with Crippen LogP contribution in [0.15, 0.2) is 48.7 Å². The highest BCUT2D eigenvalue weighted by Gasteiger charge is 2.08. The molecule has 20 heavy (non-hydrogen) atoms. The number of hydrogen-bond acceptors (Lipinski definition) is 4. The summed E-state index contributed by atoms with van der Waals surface area (Å²) < 4.78 is 0. The monoisotopic (exact) mass is 270 g/mol. The molecule has 2 amide bonds. The minimum atomic E-state index is -0.340. The smallest absolute Gasteiger partial charge is 0.251 e. The highest BCUT2D eigenvalue weighted by Crippen LogP contribution is 2.05. The lowest BCUT2D eigenvalue weighted by atomic mass is 10.2. The number of carbonyl (C=O) groups excluding carboxylic acids is 2. The van der Waals surface area contributed by atoms with Gasteiger partial charge in [-0.3, -0.25) is 9.59 Å². The van der Waals surface area contributed by atoms with Gasteiger partial charge in [0.15, 0.2) is 0 Å². The number of benzene rings is 1. The van der Waals surface area contributed by atoms with E-state index in [1.54, 1.807) is 48.7 Å². The number of nitrogens with one attached hydrogen (secondary N) is 2. The molecule has 0 radical (unpaired) electrons. The van der Waals surface area contributed by atoms with Gasteiger partial charge in [-0.25, -0.2) is 4.98 Å². The van der Waals surface area contributed by atoms with Crippen LogP contribution < -0.4 is 16.4 Å². The van der Waals surface area contributed by atoms with Gasteiger partial charge in [-0.05, 0) is 36.4 Å². The molecule has 1 heterocycles. The maximum atomic E-state index is 11.8. The van der Waals surface area contributed by atoms with Crippen LogP contribution in [0.4, 0.5) is 11.5 Å². The number of aromatic nitrogens is 1. The van der Waals surface area contributed by atoms with Crippen molar-refractivity contribution in [2.45, 2.75) is 0 Å². The molecule has 0 spiro atoms. The van der Waals surface area contributed by atoms with E-state index in [2.05, 4.69) is 15.6 Å². The summed E-state index contributed by atoms with van der Waals surface area (Å²) >= 11 is 0. The van der Waals surface area contributed by atoms with Gasteiger partial charge in [0.25, 0.3) is 5.91 Å². The Kier molecular flexibility index (Phi) is 4.28. The molecule has 0 aliphatic carbocycles. The maximum Gasteiger partial charge on any atom is 0.251 e. The summed E-state index contributed by atoms with van der Waals surface area (Å²) in [6.45, 7) is -0.125. The summed E-state index contributed by atoms with van der Waals surface area (Å²) in [5.41, 5.74) is 6.56. The van der Waals surface area contributed by atoms with E-state index in [0.717, 1.165) is 0 Å². The number of anilines is 2. The number of nitrogen functional groups attached to an aromatic ring is 1. The molecule has 0 bridgehead atoms. The largest absolute Gasteiger partial charge is 0.399 e. The summed E-state index contributed by atoms with van der Waals surface area (Å²) in [6.07, 6.45) is 1.57. The molecule has 0 saturated carbocycles. The average molecular weight is 270 g/mol. The van der Waals surface area contributed by atoms with Gasteiger partial charge in [-0.15, -0.1) is 0 Å². The van der Waals surface area contributed by atoms with Crippen molar-refractivity contribution in [3.05, 3.63) is 54.2 Å². The molecule has 2 aromatic rings. The first-order valence-electron chi connectivity index (χ1n) is 6.00. The third-order valence-electron chi connectivity index (χ3n) is 2.51. The van der Waals surface area contributed by atoms with Crippen LogP contribution in [0.5, 0.6) is 0 Å². The van der Waals surface area contributed by atoms with E-state index < -0.39 is 0 Å². The molecule has 0 aliphatic heterocycles. The van der Waals surface area contributed by atoms with Crippen molar-refractivity contribution >= 4 is 23.3 Å². The van der Waals surface area contributed by atoms with Gasteiger partial charge >= 0.3 is 0 Å². The van der Waals surface area contributed by atoms with E-state index in [-0.39, 0.29) is 18.4 Å². The third-order valence-corrected chi connectivity index (χ3v) is 2.51. The van der Waals surface area contributed by atoms with Gasteiger partial charge < -0.3 is 16.4 Å². The van der Waals surface area contributed by atoms with E-state index in [4.69, 9.17) is 5.73 Å². The highest BCUT2D eigenvalue weighted by atomic mass is 16.2. The van der Waals surface area contributed by atoms with Crippen LogP contribution in [0.1, 0.15) is 10.4 Å². The van der Waals surface area contributed by atoms with Crippen molar-refractivity contribution < 1.29 is 9.59 Å². The van der Waals surface area contributed by atoms with Gasteiger partial charge in [0.05, 0.1) is 6.54 Å². The van der Waals surface area contributed by atoms with Crippen LogP contribution >= 0.6 is 0 Å². The second kappa shape index (κ2) is 6.33. The van der Waals surface area contributed by atoms with Crippen molar-refractivity contribution in [2.75, 3.05) is 17.6 Å². The first kappa shape index (κ1) is 13.5. The number of rotatable bonds is 4. The zero-order chi connectivity index (χ0) is 14.4. The second-order valence-electron chi connectivity index (χ2n) is 4.07. The average Bonchev–Trinajstić information content (AvgIpc) is 2.46. The molecule has 0 saturated heterocycles. The topological polar surface area (TPSA) is 97.1 Å². The predicted octanol–water partition coefficient (Wildman–Crippen LogP) is 1.03. The molecule has 102 valence electrons. The lowest BCUT2D eigenvalue weighted by Crippen LogP contribution is -2.33. The molecule has 4 N–H and O–H groups in total. The number of nitrogens with zero attached hydrogens (tertiary/aromatic N) is 1. The SMILES string of the molecule is Nc1ccc(C(=O)NCC(=O)Nc2ccccn2)cc1. The third kappa shape index (κ3) is 3.81. The summed E-state index contributed by atoms with van der Waals surface area (Å²) in [7, 11) is 0. The summed E-state index contributed by atoms with van der Waals surface area (Å²) in [6, 6.07) is 11.6. The standard InChI is InChI=1S/C14H14N4O2/c15-11-6-4-10(5-7-11)14(20)17-9-13(19)18-12-3-1-2-8-16-12/h1-8H,9,15H2,(H,17,20)(H,16,18,19). The van der Waals surface area contributed by atoms with Crippen LogP contribution in [0.2, 0.25) is 0 Å². The van der Waals surface area contributed by atoms with Gasteiger partial charge in [-0.1, -0.05) is 6.07 Å². The zero-order valence-electron chi connectivity index (χ0n) is 10.7. The first-order valence-corrected chi connectivity index (χ1v) is 6.00. The molecule has 0 unspecified atom stereocenters. The van der Waals surface area contributed by atoms with E-state index in [0.29, 0.717) is 17.1 Å². The number of pyridine rings is 1. The lowest BCUT2D eigenvalue weighted by Gasteiger charge is -2.06. The maximum absolute atomic E-state index is 11.8. The van der Waals surface area contributed by atoms with E-state index in [9.17, 15) is 9.59 Å². The first-order chi connectivity index (χ1) is 9.65. The second-order valence-corrected chi connectivity index (χ2v) is 4.07. The molecule has 0 atom stereocenters. The predicted molar refractivity (Wildman–Crippen MR) is 76.1 cm³/mol. The molecular weight excluding hydrogens is 256 g/mol. The summed E-state index contributed by atoms with van der Waals surface area (Å²) in [5.74, 6) is -0.229. The van der Waals surface area contributed by atoms with Crippen molar-refractivity contribution in [1.82, 2.24) is 10.3 Å². The zero-order valence-corrected chi connectivity index (χ0v) is 10.7. The van der Waals surface area contributed by atoms with Crippen molar-refractivity contribution in [3.63, 3.8) is 0 Å². The normalized spacial score (nSPS) is 9.80. The minimum Gasteiger partial charge on any atom is -0.399 e. The highest BCUT2D eigenvalue weighted by molar-refractivity contribution is 5.99. The molecule has 0 fully saturated rings. The molecule has 6 heteroatoms. The number of nitrogens with two attached hydrogens (primary N) is 1. The molecule has 1 aromatic carbocycles. The summed E-state index contributed by atoms with van der Waals surface area (Å²) in [4.78, 5) is 27.3. The molecule has 6 nitrogen and oxygen atoms in total. The molecular formula is C14H14N4O2. The Labute approximate surface area is 116 Å². The fourth-order valence-corrected chi connectivity index (χ4v) is 1.52. The Hall–Kier alpha value is -2.89. The summed E-state index contributed by atoms with van der Waals surface area (Å²) in [5, 5.41) is 5.09. The van der Waals surface area contributed by atoms with Crippen molar-refractivity contribution in [3.8, 4) is 0 Å². The number of hydrogen-bond donors (Lipinski definition) is 3. The Morgan fingerprint density at radius 1 is 1.10 bits per heavy atom. The van der Waals surface area contributed by atoms with Gasteiger partial charge in [0.1, 0.15) is 5.82 Å². The van der Waals surface area contributed by atoms with Crippen LogP contribution in [0, 0.1) is 0 Å². The molecule has 2 rings (SSSR count). The van der Waals surface area contributed by atoms with Crippen LogP contribution in [-0.4, -0.2) is 23.3 Å². The van der Waals surface area contributed by atoms with Crippen LogP contribution in [-0.2, 0) is 4.79 Å². The Morgan fingerprint density at radius 2 is 1.85 bits per heavy atom. The minimum absolute atomic E-state index is 0.125. The molecule has 0 aliphatic rings. The Bertz CT molecular complexity index is 596. The van der Waals surface area contributed by atoms with Crippen molar-refractivity contribution in [1.29, 1.82) is 0 Å². The number of amides is 2. The fraction of sp³-hybridized carbons (Fsp3) is 0.0714. The van der Waals surface area contributed by atoms with E-state index in [1.165, 1.54) is 0 Å². The van der Waals surface area contributed by atoms with Gasteiger partial charge in [0.2, 0.25) is 5.91 Å². The fourth-order valence-electron chi connectivity index (χ4n) is 1.52. The van der Waals surface area contributed by atoms with E-state index >= 15 is 0 Å². The molecule has 1 aromatic heterocycles. The number of carbonyl (C=O) groups is 2. The van der Waals surface area contributed by atoms with Crippen molar-refractivity contribution in [2.24, 2.45) is 0 Å². The quantitative estimate of drug-likeness (QED) is 0.723. The van der Waals surface area contributed by atoms with Crippen LogP contribution in [0.25, 0.3) is 0 Å². The lowest BCUT2D eigenvalue weighted by molar-refractivity contribution is -0.115. The Balaban J connectivity index is 1.84. The Morgan fingerprint density at radius 3 is 2.50 bits per heavy atom.